The summed E-state index contributed by atoms with van der Waals surface area (Å²) in [6, 6.07) is 9.90. The van der Waals surface area contributed by atoms with Crippen LogP contribution in [0.3, 0.4) is 0 Å². The Morgan fingerprint density at radius 3 is 2.60 bits per heavy atom. The Labute approximate surface area is 145 Å². The van der Waals surface area contributed by atoms with Crippen LogP contribution in [0.25, 0.3) is 5.78 Å². The number of fused-ring (bicyclic) bond motifs is 1. The van der Waals surface area contributed by atoms with Gasteiger partial charge < -0.3 is 0 Å². The van der Waals surface area contributed by atoms with Crippen LogP contribution in [-0.2, 0) is 0 Å². The van der Waals surface area contributed by atoms with Crippen molar-refractivity contribution in [2.75, 3.05) is 0 Å². The van der Waals surface area contributed by atoms with Gasteiger partial charge in [-0.3, -0.25) is 4.79 Å². The topological polar surface area (TPSA) is 84.5 Å². The molecule has 0 aliphatic rings. The molecule has 0 bridgehead atoms. The van der Waals surface area contributed by atoms with E-state index in [0.717, 1.165) is 17.0 Å². The van der Waals surface area contributed by atoms with E-state index in [2.05, 4.69) is 39.4 Å². The van der Waals surface area contributed by atoms with E-state index in [-0.39, 0.29) is 5.82 Å². The van der Waals surface area contributed by atoms with Gasteiger partial charge >= 0.3 is 5.91 Å². The molecule has 0 aliphatic heterocycles. The first kappa shape index (κ1) is 16.8. The highest BCUT2D eigenvalue weighted by Crippen LogP contribution is 2.13. The van der Waals surface area contributed by atoms with Crippen LogP contribution in [0, 0.1) is 13.8 Å². The molecule has 7 nitrogen and oxygen atoms in total. The molecule has 2 aromatic heterocycles. The maximum Gasteiger partial charge on any atom is 0.311 e. The quantitative estimate of drug-likeness (QED) is 0.586. The summed E-state index contributed by atoms with van der Waals surface area (Å²) >= 11 is 0. The largest absolute Gasteiger partial charge is 0.311 e. The summed E-state index contributed by atoms with van der Waals surface area (Å²) in [6.45, 7) is 8.04. The molecule has 0 fully saturated rings. The Balaban J connectivity index is 1.71. The monoisotopic (exact) mass is 336 g/mol. The minimum atomic E-state index is -0.474. The maximum absolute atomic E-state index is 12.2. The van der Waals surface area contributed by atoms with Crippen molar-refractivity contribution in [2.45, 2.75) is 33.6 Å². The van der Waals surface area contributed by atoms with E-state index in [1.165, 1.54) is 10.1 Å². The van der Waals surface area contributed by atoms with E-state index in [0.29, 0.717) is 11.7 Å². The SMILES string of the molecule is Cc1cc(C)n2nc(C(=O)NN=Cc3ccc(C(C)C)cc3)nc2n1. The molecule has 0 spiro atoms. The molecule has 1 amide bonds. The summed E-state index contributed by atoms with van der Waals surface area (Å²) in [6.07, 6.45) is 1.59. The van der Waals surface area contributed by atoms with Gasteiger partial charge in [0.05, 0.1) is 6.21 Å². The molecule has 128 valence electrons. The Morgan fingerprint density at radius 2 is 1.92 bits per heavy atom. The van der Waals surface area contributed by atoms with E-state index in [9.17, 15) is 4.79 Å². The van der Waals surface area contributed by atoms with Crippen molar-refractivity contribution in [1.29, 1.82) is 0 Å². The van der Waals surface area contributed by atoms with Crippen molar-refractivity contribution in [2.24, 2.45) is 5.10 Å². The molecule has 2 heterocycles. The third kappa shape index (κ3) is 3.71. The van der Waals surface area contributed by atoms with E-state index in [1.54, 1.807) is 6.21 Å². The second-order valence-corrected chi connectivity index (χ2v) is 6.21. The van der Waals surface area contributed by atoms with Crippen LogP contribution >= 0.6 is 0 Å². The first-order valence-electron chi connectivity index (χ1n) is 8.08. The number of benzene rings is 1. The van der Waals surface area contributed by atoms with Crippen LogP contribution in [0.4, 0.5) is 0 Å². The van der Waals surface area contributed by atoms with E-state index >= 15 is 0 Å². The molecule has 0 radical (unpaired) electrons. The molecular formula is C18H20N6O. The molecule has 25 heavy (non-hydrogen) atoms. The fourth-order valence-electron chi connectivity index (χ4n) is 2.44. The summed E-state index contributed by atoms with van der Waals surface area (Å²) < 4.78 is 1.54. The molecule has 0 saturated carbocycles. The zero-order chi connectivity index (χ0) is 18.0. The Kier molecular flexibility index (Phi) is 4.56. The number of nitrogens with one attached hydrogen (secondary N) is 1. The standard InChI is InChI=1S/C18H20N6O/c1-11(2)15-7-5-14(6-8-15)10-19-22-17(25)16-21-18-20-12(3)9-13(4)24(18)23-16/h5-11H,1-4H3,(H,22,25). The summed E-state index contributed by atoms with van der Waals surface area (Å²) in [5, 5.41) is 8.14. The van der Waals surface area contributed by atoms with E-state index in [1.807, 2.05) is 44.2 Å². The number of hydrazone groups is 1. The van der Waals surface area contributed by atoms with Crippen molar-refractivity contribution in [1.82, 2.24) is 25.0 Å². The fourth-order valence-corrected chi connectivity index (χ4v) is 2.44. The van der Waals surface area contributed by atoms with Crippen LogP contribution in [0.15, 0.2) is 35.4 Å². The summed E-state index contributed by atoms with van der Waals surface area (Å²) in [5.41, 5.74) is 6.30. The predicted molar refractivity (Wildman–Crippen MR) is 95.8 cm³/mol. The maximum atomic E-state index is 12.2. The molecule has 1 N–H and O–H groups in total. The molecule has 3 rings (SSSR count). The van der Waals surface area contributed by atoms with Gasteiger partial charge in [0.15, 0.2) is 0 Å². The van der Waals surface area contributed by atoms with Gasteiger partial charge in [-0.25, -0.2) is 14.9 Å². The van der Waals surface area contributed by atoms with E-state index < -0.39 is 5.91 Å². The Morgan fingerprint density at radius 1 is 1.20 bits per heavy atom. The zero-order valence-corrected chi connectivity index (χ0v) is 14.7. The molecule has 0 atom stereocenters. The molecule has 0 aliphatic carbocycles. The highest BCUT2D eigenvalue weighted by atomic mass is 16.2. The molecule has 3 aromatic rings. The number of rotatable bonds is 4. The summed E-state index contributed by atoms with van der Waals surface area (Å²) in [7, 11) is 0. The number of aryl methyl sites for hydroxylation is 2. The molecular weight excluding hydrogens is 316 g/mol. The van der Waals surface area contributed by atoms with Gasteiger partial charge in [0.25, 0.3) is 5.78 Å². The third-order valence-corrected chi connectivity index (χ3v) is 3.80. The molecule has 1 aromatic carbocycles. The van der Waals surface area contributed by atoms with Gasteiger partial charge in [-0.05, 0) is 37.0 Å². The van der Waals surface area contributed by atoms with Gasteiger partial charge in [-0.2, -0.15) is 10.1 Å². The first-order chi connectivity index (χ1) is 11.9. The smallest absolute Gasteiger partial charge is 0.264 e. The number of nitrogens with zero attached hydrogens (tertiary/aromatic N) is 5. The number of carbonyl (C=O) groups is 1. The van der Waals surface area contributed by atoms with Gasteiger partial charge in [0.2, 0.25) is 5.82 Å². The van der Waals surface area contributed by atoms with E-state index in [4.69, 9.17) is 0 Å². The number of hydrogen-bond donors (Lipinski definition) is 1. The first-order valence-corrected chi connectivity index (χ1v) is 8.08. The Bertz CT molecular complexity index is 940. The summed E-state index contributed by atoms with van der Waals surface area (Å²) in [5.74, 6) is 0.439. The average molecular weight is 336 g/mol. The number of amides is 1. The molecule has 0 saturated heterocycles. The lowest BCUT2D eigenvalue weighted by atomic mass is 10.0. The zero-order valence-electron chi connectivity index (χ0n) is 14.7. The second-order valence-electron chi connectivity index (χ2n) is 6.21. The van der Waals surface area contributed by atoms with Crippen molar-refractivity contribution >= 4 is 17.9 Å². The lowest BCUT2D eigenvalue weighted by Crippen LogP contribution is -2.19. The van der Waals surface area contributed by atoms with Crippen LogP contribution < -0.4 is 5.43 Å². The predicted octanol–water partition coefficient (Wildman–Crippen LogP) is 2.63. The van der Waals surface area contributed by atoms with Crippen LogP contribution in [-0.4, -0.2) is 31.7 Å². The number of aromatic nitrogens is 4. The highest BCUT2D eigenvalue weighted by Gasteiger charge is 2.14. The van der Waals surface area contributed by atoms with Gasteiger partial charge in [0, 0.05) is 11.4 Å². The van der Waals surface area contributed by atoms with Crippen molar-refractivity contribution in [3.05, 3.63) is 58.7 Å². The average Bonchev–Trinajstić information content (AvgIpc) is 2.99. The molecule has 0 unspecified atom stereocenters. The lowest BCUT2D eigenvalue weighted by Gasteiger charge is -2.04. The number of carbonyl (C=O) groups excluding carboxylic acids is 1. The van der Waals surface area contributed by atoms with Crippen LogP contribution in [0.2, 0.25) is 0 Å². The van der Waals surface area contributed by atoms with Crippen molar-refractivity contribution < 1.29 is 4.79 Å². The van der Waals surface area contributed by atoms with Crippen LogP contribution in [0.1, 0.15) is 52.9 Å². The Hall–Kier alpha value is -3.09. The minimum Gasteiger partial charge on any atom is -0.264 e. The molecule has 7 heteroatoms. The van der Waals surface area contributed by atoms with Crippen molar-refractivity contribution in [3.8, 4) is 0 Å². The highest BCUT2D eigenvalue weighted by molar-refractivity contribution is 5.91. The van der Waals surface area contributed by atoms with Gasteiger partial charge in [-0.15, -0.1) is 5.10 Å². The third-order valence-electron chi connectivity index (χ3n) is 3.80. The second kappa shape index (κ2) is 6.80. The fraction of sp³-hybridized carbons (Fsp3) is 0.278. The normalized spacial score (nSPS) is 11.6. The van der Waals surface area contributed by atoms with Crippen LogP contribution in [0.5, 0.6) is 0 Å². The van der Waals surface area contributed by atoms with Crippen molar-refractivity contribution in [3.63, 3.8) is 0 Å². The minimum absolute atomic E-state index is 0.0357. The number of hydrogen-bond acceptors (Lipinski definition) is 5. The van der Waals surface area contributed by atoms with Gasteiger partial charge in [0.1, 0.15) is 0 Å². The lowest BCUT2D eigenvalue weighted by molar-refractivity contribution is 0.0945. The van der Waals surface area contributed by atoms with Gasteiger partial charge in [-0.1, -0.05) is 38.1 Å². The summed E-state index contributed by atoms with van der Waals surface area (Å²) in [4.78, 5) is 20.6.